The number of benzene rings is 2. The predicted molar refractivity (Wildman–Crippen MR) is 158 cm³/mol. The lowest BCUT2D eigenvalue weighted by molar-refractivity contribution is -0.131. The Labute approximate surface area is 250 Å². The van der Waals surface area contributed by atoms with Gasteiger partial charge in [-0.1, -0.05) is 59.8 Å². The molecule has 0 radical (unpaired) electrons. The van der Waals surface area contributed by atoms with Crippen molar-refractivity contribution in [3.63, 3.8) is 0 Å². The summed E-state index contributed by atoms with van der Waals surface area (Å²) in [6.45, 7) is 3.71. The fourth-order valence-corrected chi connectivity index (χ4v) is 8.75. The molecule has 228 valence electrons. The van der Waals surface area contributed by atoms with Crippen LogP contribution in [0.2, 0.25) is 0 Å². The van der Waals surface area contributed by atoms with Gasteiger partial charge in [-0.05, 0) is 30.4 Å². The van der Waals surface area contributed by atoms with Crippen molar-refractivity contribution in [1.29, 1.82) is 0 Å². The number of hydrogen-bond acceptors (Lipinski definition) is 9. The number of hydrogen-bond donors (Lipinski definition) is 2. The summed E-state index contributed by atoms with van der Waals surface area (Å²) in [5.41, 5.74) is 3.03. The largest absolute Gasteiger partial charge is 0.408 e. The number of amides is 2. The van der Waals surface area contributed by atoms with Crippen molar-refractivity contribution in [3.8, 4) is 11.1 Å². The quantitative estimate of drug-likeness (QED) is 0.185. The molecule has 12 nitrogen and oxygen atoms in total. The van der Waals surface area contributed by atoms with E-state index >= 15 is 0 Å². The number of sulfonamides is 1. The molecule has 2 N–H and O–H groups in total. The van der Waals surface area contributed by atoms with E-state index in [0.29, 0.717) is 18.6 Å². The molecule has 3 aliphatic carbocycles. The van der Waals surface area contributed by atoms with Crippen LogP contribution in [0.4, 0.5) is 0 Å². The average Bonchev–Trinajstić information content (AvgIpc) is 3.92. The fourth-order valence-electron chi connectivity index (χ4n) is 5.89. The Morgan fingerprint density at radius 3 is 2.14 bits per heavy atom. The minimum Gasteiger partial charge on any atom is -0.391 e. The number of nitrogens with one attached hydrogen (secondary N) is 2. The highest BCUT2D eigenvalue weighted by Crippen LogP contribution is 2.55. The summed E-state index contributed by atoms with van der Waals surface area (Å²) in [6.07, 6.45) is 2.02. The molecule has 1 heterocycles. The fraction of sp³-hybridized carbons (Fsp3) is 0.414. The van der Waals surface area contributed by atoms with Crippen molar-refractivity contribution in [2.24, 2.45) is 11.1 Å². The van der Waals surface area contributed by atoms with Gasteiger partial charge in [-0.25, -0.2) is 13.0 Å². The van der Waals surface area contributed by atoms with Gasteiger partial charge in [-0.2, -0.15) is 4.67 Å². The Hall–Kier alpha value is -3.35. The monoisotopic (exact) mass is 628 g/mol. The van der Waals surface area contributed by atoms with E-state index in [-0.39, 0.29) is 19.4 Å². The van der Waals surface area contributed by atoms with E-state index in [4.69, 9.17) is 13.9 Å². The highest BCUT2D eigenvalue weighted by atomic mass is 32.2. The van der Waals surface area contributed by atoms with Crippen molar-refractivity contribution in [1.82, 2.24) is 14.7 Å². The molecule has 2 amide bonds. The van der Waals surface area contributed by atoms with Crippen LogP contribution in [-0.4, -0.2) is 74.3 Å². The van der Waals surface area contributed by atoms with Gasteiger partial charge in [-0.3, -0.25) is 23.4 Å². The van der Waals surface area contributed by atoms with Crippen molar-refractivity contribution < 1.29 is 36.5 Å². The van der Waals surface area contributed by atoms with E-state index in [2.05, 4.69) is 21.8 Å². The Kier molecular flexibility index (Phi) is 7.58. The van der Waals surface area contributed by atoms with Crippen LogP contribution in [0.15, 0.2) is 66.3 Å². The van der Waals surface area contributed by atoms with Crippen LogP contribution in [0, 0.1) is 5.92 Å². The van der Waals surface area contributed by atoms with E-state index in [1.165, 1.54) is 25.0 Å². The molecular weight excluding hydrogens is 595 g/mol. The molecule has 2 unspecified atom stereocenters. The lowest BCUT2D eigenvalue weighted by atomic mass is 10.1. The van der Waals surface area contributed by atoms with E-state index in [9.17, 15) is 22.6 Å². The maximum atomic E-state index is 13.8. The normalized spacial score (nSPS) is 26.3. The van der Waals surface area contributed by atoms with Gasteiger partial charge in [-0.15, -0.1) is 6.58 Å². The first kappa shape index (κ1) is 29.7. The van der Waals surface area contributed by atoms with Crippen molar-refractivity contribution >= 4 is 35.3 Å². The molecule has 4 atom stereocenters. The topological polar surface area (TPSA) is 153 Å². The minimum absolute atomic E-state index is 0.0166. The zero-order chi connectivity index (χ0) is 30.6. The Bertz CT molecular complexity index is 1620. The molecule has 0 spiro atoms. The first-order chi connectivity index (χ1) is 20.6. The molecule has 14 heteroatoms. The Morgan fingerprint density at radius 2 is 1.63 bits per heavy atom. The summed E-state index contributed by atoms with van der Waals surface area (Å²) in [6, 6.07) is 14.6. The maximum absolute atomic E-state index is 13.8. The van der Waals surface area contributed by atoms with E-state index in [1.54, 1.807) is 0 Å². The van der Waals surface area contributed by atoms with Crippen LogP contribution in [-0.2, 0) is 38.1 Å². The van der Waals surface area contributed by atoms with E-state index in [1.807, 2.05) is 48.5 Å². The number of rotatable bonds is 11. The van der Waals surface area contributed by atoms with Crippen LogP contribution < -0.4 is 10.0 Å². The smallest absolute Gasteiger partial charge is 0.391 e. The van der Waals surface area contributed by atoms with Gasteiger partial charge in [0, 0.05) is 44.2 Å². The van der Waals surface area contributed by atoms with Gasteiger partial charge in [0.1, 0.15) is 23.4 Å². The number of carbonyl (C=O) groups excluding carboxylic acids is 2. The van der Waals surface area contributed by atoms with Crippen LogP contribution >= 0.6 is 7.75 Å². The summed E-state index contributed by atoms with van der Waals surface area (Å²) in [5.74, 6) is -1.94. The third-order valence-electron chi connectivity index (χ3n) is 8.51. The highest BCUT2D eigenvalue weighted by molar-refractivity contribution is 7.91. The lowest BCUT2D eigenvalue weighted by Gasteiger charge is -2.29. The van der Waals surface area contributed by atoms with Crippen LogP contribution in [0.5, 0.6) is 0 Å². The highest BCUT2D eigenvalue weighted by Gasteiger charge is 2.62. The van der Waals surface area contributed by atoms with Gasteiger partial charge in [0.25, 0.3) is 5.91 Å². The van der Waals surface area contributed by atoms with E-state index in [0.717, 1.165) is 22.3 Å². The van der Waals surface area contributed by atoms with Crippen LogP contribution in [0.3, 0.4) is 0 Å². The molecular formula is C29H33N4O8PS. The molecule has 0 aromatic heterocycles. The van der Waals surface area contributed by atoms with Crippen LogP contribution in [0.25, 0.3) is 11.1 Å². The van der Waals surface area contributed by atoms with Gasteiger partial charge in [0.2, 0.25) is 15.9 Å². The van der Waals surface area contributed by atoms with Crippen LogP contribution in [0.1, 0.15) is 36.8 Å². The first-order valence-corrected chi connectivity index (χ1v) is 17.0. The molecule has 4 aliphatic rings. The number of oxime groups is 1. The third-order valence-corrected chi connectivity index (χ3v) is 12.3. The summed E-state index contributed by atoms with van der Waals surface area (Å²) in [5, 5.41) is 6.62. The zero-order valence-corrected chi connectivity index (χ0v) is 25.5. The molecule has 43 heavy (non-hydrogen) atoms. The second-order valence-electron chi connectivity index (χ2n) is 11.1. The summed E-state index contributed by atoms with van der Waals surface area (Å²) in [7, 11) is -5.34. The van der Waals surface area contributed by atoms with Crippen molar-refractivity contribution in [2.75, 3.05) is 20.8 Å². The number of fused-ring (bicyclic) bond motifs is 3. The molecule has 2 aromatic rings. The molecule has 3 fully saturated rings. The minimum atomic E-state index is -3.93. The Balaban J connectivity index is 1.24. The van der Waals surface area contributed by atoms with Gasteiger partial charge >= 0.3 is 7.75 Å². The zero-order valence-electron chi connectivity index (χ0n) is 23.8. The second kappa shape index (κ2) is 11.0. The summed E-state index contributed by atoms with van der Waals surface area (Å²) < 4.78 is 52.3. The molecule has 2 saturated carbocycles. The van der Waals surface area contributed by atoms with Gasteiger partial charge in [0.05, 0.1) is 5.25 Å². The Morgan fingerprint density at radius 1 is 1.05 bits per heavy atom. The number of carbonyl (C=O) groups is 2. The predicted octanol–water partition coefficient (Wildman–Crippen LogP) is 2.95. The summed E-state index contributed by atoms with van der Waals surface area (Å²) in [4.78, 5) is 32.9. The second-order valence-corrected chi connectivity index (χ2v) is 15.3. The SMILES string of the molecule is C=C[C@@H]1C[C@]1(NC(=O)C1CC(ON=C2c3ccccc3-c3ccccc32)CN1P(=O)(OC)OC)C(=O)NS(=O)(=O)C1CC1. The first-order valence-electron chi connectivity index (χ1n) is 14.0. The maximum Gasteiger partial charge on any atom is 0.408 e. The summed E-state index contributed by atoms with van der Waals surface area (Å²) >= 11 is 0. The number of nitrogens with zero attached hydrogens (tertiary/aromatic N) is 2. The van der Waals surface area contributed by atoms with Crippen molar-refractivity contribution in [2.45, 2.75) is 48.6 Å². The van der Waals surface area contributed by atoms with E-state index < -0.39 is 58.4 Å². The van der Waals surface area contributed by atoms with Gasteiger partial charge in [0.15, 0.2) is 0 Å². The van der Waals surface area contributed by atoms with Gasteiger partial charge < -0.3 is 10.2 Å². The lowest BCUT2D eigenvalue weighted by Crippen LogP contribution is -2.55. The molecule has 1 saturated heterocycles. The van der Waals surface area contributed by atoms with Crippen molar-refractivity contribution in [3.05, 3.63) is 72.3 Å². The molecule has 2 aromatic carbocycles. The molecule has 0 bridgehead atoms. The average molecular weight is 629 g/mol. The molecule has 1 aliphatic heterocycles. The standard InChI is InChI=1S/C29H33N4O8PS/c1-4-18-16-29(18,28(35)32-43(37,38)20-13-14-20)30-27(34)25-15-19(17-33(25)42(36,39-2)40-3)41-31-26-23-11-7-5-9-21(23)22-10-6-8-12-24(22)26/h4-12,18-20,25H,1,13-17H2,2-3H3,(H,30,34)(H,32,35)/t18-,19?,25?,29-/m1/s1. The third kappa shape index (κ3) is 5.23. The molecule has 6 rings (SSSR count).